The minimum Gasteiger partial charge on any atom is -0.385 e. The van der Waals surface area contributed by atoms with Gasteiger partial charge in [-0.1, -0.05) is 0 Å². The Kier molecular flexibility index (Phi) is 6.87. The molecule has 2 aliphatic heterocycles. The van der Waals surface area contributed by atoms with Crippen LogP contribution in [-0.4, -0.2) is 64.6 Å². The third kappa shape index (κ3) is 5.26. The van der Waals surface area contributed by atoms with Crippen molar-refractivity contribution in [3.63, 3.8) is 0 Å². The van der Waals surface area contributed by atoms with Crippen molar-refractivity contribution in [3.8, 4) is 0 Å². The molecule has 36 heavy (non-hydrogen) atoms. The lowest BCUT2D eigenvalue weighted by Gasteiger charge is -2.27. The molecule has 8 nitrogen and oxygen atoms in total. The van der Waals surface area contributed by atoms with E-state index in [0.29, 0.717) is 35.4 Å². The fourth-order valence-electron chi connectivity index (χ4n) is 4.16. The zero-order valence-corrected chi connectivity index (χ0v) is 19.0. The molecule has 0 saturated heterocycles. The lowest BCUT2D eigenvalue weighted by molar-refractivity contribution is -0.139. The van der Waals surface area contributed by atoms with Crippen molar-refractivity contribution in [1.29, 1.82) is 0 Å². The van der Waals surface area contributed by atoms with E-state index in [1.807, 2.05) is 0 Å². The number of hydrogen-bond donors (Lipinski definition) is 2. The van der Waals surface area contributed by atoms with E-state index in [9.17, 15) is 35.9 Å². The van der Waals surface area contributed by atoms with Gasteiger partial charge in [-0.3, -0.25) is 9.48 Å². The predicted octanol–water partition coefficient (Wildman–Crippen LogP) is 3.46. The van der Waals surface area contributed by atoms with Crippen LogP contribution >= 0.6 is 0 Å². The molecule has 0 bridgehead atoms. The van der Waals surface area contributed by atoms with E-state index in [0.717, 1.165) is 6.07 Å². The number of nitrogens with zero attached hydrogens (tertiary/aromatic N) is 4. The molecule has 0 radical (unpaired) electrons. The van der Waals surface area contributed by atoms with Gasteiger partial charge in [0.05, 0.1) is 30.9 Å². The molecule has 1 aromatic heterocycles. The molecule has 2 aromatic rings. The summed E-state index contributed by atoms with van der Waals surface area (Å²) in [5.74, 6) is -1.82. The summed E-state index contributed by atoms with van der Waals surface area (Å²) < 4.78 is 78.9. The number of fused-ring (bicyclic) bond motifs is 3. The first kappa shape index (κ1) is 25.4. The van der Waals surface area contributed by atoms with Gasteiger partial charge in [-0.2, -0.15) is 18.3 Å². The van der Waals surface area contributed by atoms with E-state index in [1.165, 1.54) is 20.7 Å². The minimum atomic E-state index is -4.92. The van der Waals surface area contributed by atoms with Gasteiger partial charge in [0.2, 0.25) is 0 Å². The van der Waals surface area contributed by atoms with Gasteiger partial charge in [-0.25, -0.2) is 18.0 Å². The van der Waals surface area contributed by atoms with Crippen LogP contribution in [0.2, 0.25) is 0 Å². The summed E-state index contributed by atoms with van der Waals surface area (Å²) in [6, 6.07) is 1.45. The highest BCUT2D eigenvalue weighted by Crippen LogP contribution is 2.33. The molecule has 2 aliphatic rings. The van der Waals surface area contributed by atoms with Crippen LogP contribution in [0.3, 0.4) is 0 Å². The molecule has 0 aliphatic carbocycles. The second kappa shape index (κ2) is 9.74. The highest BCUT2D eigenvalue weighted by Gasteiger charge is 2.35. The van der Waals surface area contributed by atoms with Crippen LogP contribution in [0, 0.1) is 5.82 Å². The van der Waals surface area contributed by atoms with Gasteiger partial charge in [-0.05, 0) is 30.0 Å². The Balaban J connectivity index is 1.54. The van der Waals surface area contributed by atoms with Crippen LogP contribution < -0.4 is 10.6 Å². The average Bonchev–Trinajstić information content (AvgIpc) is 3.10. The molecule has 0 spiro atoms. The van der Waals surface area contributed by atoms with Crippen LogP contribution in [0.1, 0.15) is 27.3 Å². The molecule has 4 rings (SSSR count). The highest BCUT2D eigenvalue weighted by atomic mass is 19.4. The van der Waals surface area contributed by atoms with Crippen LogP contribution in [0.15, 0.2) is 30.0 Å². The van der Waals surface area contributed by atoms with Crippen molar-refractivity contribution in [3.05, 3.63) is 58.3 Å². The van der Waals surface area contributed by atoms with E-state index in [4.69, 9.17) is 0 Å². The number of aromatic nitrogens is 2. The summed E-state index contributed by atoms with van der Waals surface area (Å²) in [6.07, 6.45) is -5.73. The van der Waals surface area contributed by atoms with Gasteiger partial charge in [-0.15, -0.1) is 0 Å². The summed E-state index contributed by atoms with van der Waals surface area (Å²) in [4.78, 5) is 28.6. The standard InChI is InChI=1S/C22H22F6N6O2/c1-32-9-12(7-29-8-18(24)25)10-34-19(20(32)35)14-11-33(5-4-17(14)31-34)21(36)30-13-2-3-16(23)15(6-13)22(26,27)28/h2-3,6-7,18,29H,4-5,8-11H2,1H3,(H,30,36)/b12-7+. The average molecular weight is 516 g/mol. The first-order valence-electron chi connectivity index (χ1n) is 10.9. The molecular weight excluding hydrogens is 494 g/mol. The van der Waals surface area contributed by atoms with Crippen molar-refractivity contribution >= 4 is 17.6 Å². The van der Waals surface area contributed by atoms with Crippen LogP contribution in [0.25, 0.3) is 0 Å². The lowest BCUT2D eigenvalue weighted by atomic mass is 10.0. The maximum atomic E-state index is 13.6. The van der Waals surface area contributed by atoms with Crippen molar-refractivity contribution < 1.29 is 35.9 Å². The molecule has 0 fully saturated rings. The van der Waals surface area contributed by atoms with Crippen molar-refractivity contribution in [2.45, 2.75) is 32.1 Å². The number of hydrogen-bond acceptors (Lipinski definition) is 4. The predicted molar refractivity (Wildman–Crippen MR) is 116 cm³/mol. The molecule has 3 amide bonds. The van der Waals surface area contributed by atoms with Crippen molar-refractivity contribution in [2.24, 2.45) is 0 Å². The molecule has 2 N–H and O–H groups in total. The number of rotatable bonds is 4. The Hall–Kier alpha value is -3.71. The maximum absolute atomic E-state index is 13.6. The Morgan fingerprint density at radius 1 is 1.22 bits per heavy atom. The van der Waals surface area contributed by atoms with E-state index in [-0.39, 0.29) is 43.5 Å². The van der Waals surface area contributed by atoms with Crippen molar-refractivity contribution in [2.75, 3.05) is 32.0 Å². The Bertz CT molecular complexity index is 1210. The fourth-order valence-corrected chi connectivity index (χ4v) is 4.16. The summed E-state index contributed by atoms with van der Waals surface area (Å²) in [5.41, 5.74) is 0.280. The molecular formula is C22H22F6N6O2. The SMILES string of the molecule is CN1C/C(=C\NCC(F)F)Cn2nc3c(c2C1=O)CN(C(=O)Nc1ccc(F)c(C(F)(F)F)c1)CC3. The number of benzene rings is 1. The van der Waals surface area contributed by atoms with E-state index in [2.05, 4.69) is 15.7 Å². The summed E-state index contributed by atoms with van der Waals surface area (Å²) in [7, 11) is 1.55. The first-order valence-corrected chi connectivity index (χ1v) is 10.9. The fraction of sp³-hybridized carbons (Fsp3) is 0.409. The third-order valence-electron chi connectivity index (χ3n) is 5.83. The first-order chi connectivity index (χ1) is 16.9. The second-order valence-electron chi connectivity index (χ2n) is 8.49. The number of anilines is 1. The van der Waals surface area contributed by atoms with E-state index < -0.39 is 36.6 Å². The van der Waals surface area contributed by atoms with Gasteiger partial charge < -0.3 is 20.4 Å². The number of urea groups is 1. The van der Waals surface area contributed by atoms with Gasteiger partial charge in [0.1, 0.15) is 11.5 Å². The number of halogens is 6. The van der Waals surface area contributed by atoms with E-state index in [1.54, 1.807) is 7.05 Å². The Morgan fingerprint density at radius 3 is 2.67 bits per heavy atom. The molecule has 14 heteroatoms. The quantitative estimate of drug-likeness (QED) is 0.610. The molecule has 0 saturated carbocycles. The molecule has 1 aromatic carbocycles. The minimum absolute atomic E-state index is 0.0217. The number of amides is 3. The van der Waals surface area contributed by atoms with Crippen LogP contribution in [0.5, 0.6) is 0 Å². The monoisotopic (exact) mass is 516 g/mol. The van der Waals surface area contributed by atoms with Gasteiger partial charge >= 0.3 is 12.2 Å². The number of nitrogens with one attached hydrogen (secondary N) is 2. The lowest BCUT2D eigenvalue weighted by Crippen LogP contribution is -2.39. The van der Waals surface area contributed by atoms with Crippen molar-refractivity contribution in [1.82, 2.24) is 24.9 Å². The van der Waals surface area contributed by atoms with E-state index >= 15 is 0 Å². The largest absolute Gasteiger partial charge is 0.419 e. The maximum Gasteiger partial charge on any atom is 0.419 e. The topological polar surface area (TPSA) is 82.5 Å². The summed E-state index contributed by atoms with van der Waals surface area (Å²) >= 11 is 0. The highest BCUT2D eigenvalue weighted by molar-refractivity contribution is 5.95. The second-order valence-corrected chi connectivity index (χ2v) is 8.49. The molecule has 194 valence electrons. The third-order valence-corrected chi connectivity index (χ3v) is 5.83. The molecule has 0 unspecified atom stereocenters. The molecule has 0 atom stereocenters. The smallest absolute Gasteiger partial charge is 0.385 e. The Labute approximate surface area is 201 Å². The van der Waals surface area contributed by atoms with Crippen LogP contribution in [0.4, 0.5) is 36.8 Å². The molecule has 3 heterocycles. The normalized spacial score (nSPS) is 17.2. The zero-order valence-electron chi connectivity index (χ0n) is 19.0. The Morgan fingerprint density at radius 2 is 1.97 bits per heavy atom. The zero-order chi connectivity index (χ0) is 26.2. The number of alkyl halides is 5. The van der Waals surface area contributed by atoms with Gasteiger partial charge in [0, 0.05) is 37.8 Å². The summed E-state index contributed by atoms with van der Waals surface area (Å²) in [5, 5.41) is 9.35. The van der Waals surface area contributed by atoms with Gasteiger partial charge in [0.25, 0.3) is 12.3 Å². The van der Waals surface area contributed by atoms with Gasteiger partial charge in [0.15, 0.2) is 0 Å². The summed E-state index contributed by atoms with van der Waals surface area (Å²) in [6.45, 7) is -0.0102. The number of carbonyl (C=O) groups is 2. The number of likely N-dealkylation sites (N-methyl/N-ethyl adjacent to an activating group) is 1. The van der Waals surface area contributed by atoms with Crippen LogP contribution in [-0.2, 0) is 25.7 Å². The number of carbonyl (C=O) groups excluding carboxylic acids is 2.